The molecule has 3 aliphatic rings. The highest BCUT2D eigenvalue weighted by Crippen LogP contribution is 2.38. The zero-order valence-electron chi connectivity index (χ0n) is 20.0. The van der Waals surface area contributed by atoms with Gasteiger partial charge >= 0.3 is 6.03 Å². The van der Waals surface area contributed by atoms with Crippen molar-refractivity contribution >= 4 is 34.5 Å². The van der Waals surface area contributed by atoms with Gasteiger partial charge in [0.15, 0.2) is 12.3 Å². The molecule has 0 aliphatic carbocycles. The second-order valence-corrected chi connectivity index (χ2v) is 9.81. The Morgan fingerprint density at radius 1 is 1.06 bits per heavy atom. The number of urea groups is 1. The van der Waals surface area contributed by atoms with Crippen molar-refractivity contribution in [2.24, 2.45) is 4.99 Å². The fraction of sp³-hybridized carbons (Fsp3) is 0.500. The molecule has 2 aromatic rings. The van der Waals surface area contributed by atoms with E-state index in [1.165, 1.54) is 16.0 Å². The van der Waals surface area contributed by atoms with Gasteiger partial charge in [0.05, 0.1) is 11.3 Å². The Kier molecular flexibility index (Phi) is 5.71. The number of carbonyl (C=O) groups is 2. The molecule has 5 rings (SSSR count). The lowest BCUT2D eigenvalue weighted by Gasteiger charge is -2.28. The van der Waals surface area contributed by atoms with Crippen molar-refractivity contribution in [3.05, 3.63) is 49.0 Å². The summed E-state index contributed by atoms with van der Waals surface area (Å²) in [4.78, 5) is 50.4. The van der Waals surface area contributed by atoms with Crippen molar-refractivity contribution in [1.82, 2.24) is 14.5 Å². The number of unbranched alkanes of at least 4 members (excludes halogenated alkanes) is 2. The zero-order valence-corrected chi connectivity index (χ0v) is 20.8. The highest BCUT2D eigenvalue weighted by Gasteiger charge is 2.47. The molecule has 2 unspecified atom stereocenters. The van der Waals surface area contributed by atoms with Crippen LogP contribution in [0.25, 0.3) is 5.57 Å². The van der Waals surface area contributed by atoms with E-state index in [1.54, 1.807) is 9.80 Å². The highest BCUT2D eigenvalue weighted by molar-refractivity contribution is 7.07. The molecule has 0 spiro atoms. The maximum Gasteiger partial charge on any atom is 0.323 e. The van der Waals surface area contributed by atoms with Crippen molar-refractivity contribution in [3.63, 3.8) is 0 Å². The molecule has 3 aliphatic heterocycles. The predicted molar refractivity (Wildman–Crippen MR) is 132 cm³/mol. The lowest BCUT2D eigenvalue weighted by atomic mass is 10.0. The van der Waals surface area contributed by atoms with E-state index < -0.39 is 12.3 Å². The molecule has 1 N–H and O–H groups in total. The van der Waals surface area contributed by atoms with Crippen molar-refractivity contribution in [2.75, 3.05) is 30.0 Å². The molecule has 3 amide bonds. The molecule has 0 radical (unpaired) electrons. The fourth-order valence-corrected chi connectivity index (χ4v) is 6.20. The van der Waals surface area contributed by atoms with E-state index >= 15 is 0 Å². The van der Waals surface area contributed by atoms with Crippen LogP contribution in [0.2, 0.25) is 0 Å². The van der Waals surface area contributed by atoms with Crippen LogP contribution in [0.1, 0.15) is 51.2 Å². The van der Waals surface area contributed by atoms with E-state index in [9.17, 15) is 14.4 Å². The first-order chi connectivity index (χ1) is 16.4. The summed E-state index contributed by atoms with van der Waals surface area (Å²) in [5.41, 5.74) is 6.09. The van der Waals surface area contributed by atoms with Crippen LogP contribution in [0, 0.1) is 6.92 Å². The van der Waals surface area contributed by atoms with E-state index in [0.717, 1.165) is 36.1 Å². The van der Waals surface area contributed by atoms with Gasteiger partial charge in [-0.15, -0.1) is 0 Å². The number of para-hydroxylation sites is 1. The standard InChI is InChI=1S/C24H30N6O3S/c1-5-8-9-13-29-17-14(4)11-10-12-15(17)16(21(29)31)18-22(32)30-23(34-18)25-19-20(26-30)28(7-3)24(33)27(19)6-2/h10-12,19-20,26H,5-9,13H2,1-4H3/b18-16-. The molecule has 1 aromatic carbocycles. The lowest BCUT2D eigenvalue weighted by Crippen LogP contribution is -2.55. The molecule has 34 heavy (non-hydrogen) atoms. The summed E-state index contributed by atoms with van der Waals surface area (Å²) in [7, 11) is 0. The minimum atomic E-state index is -0.422. The monoisotopic (exact) mass is 482 g/mol. The molecule has 1 fully saturated rings. The number of rotatable bonds is 6. The average Bonchev–Trinajstić information content (AvgIpc) is 3.39. The first-order valence-corrected chi connectivity index (χ1v) is 12.8. The van der Waals surface area contributed by atoms with Gasteiger partial charge in [0.1, 0.15) is 4.53 Å². The van der Waals surface area contributed by atoms with Crippen molar-refractivity contribution in [2.45, 2.75) is 59.3 Å². The fourth-order valence-electron chi connectivity index (χ4n) is 5.15. The molecule has 1 saturated heterocycles. The summed E-state index contributed by atoms with van der Waals surface area (Å²) >= 11 is 1.21. The quantitative estimate of drug-likeness (QED) is 0.633. The molecular weight excluding hydrogens is 452 g/mol. The summed E-state index contributed by atoms with van der Waals surface area (Å²) in [6.07, 6.45) is 2.20. The number of likely N-dealkylation sites (N-methyl/N-ethyl adjacent to an activating group) is 2. The van der Waals surface area contributed by atoms with E-state index in [2.05, 4.69) is 12.3 Å². The number of thiazole rings is 1. The SMILES string of the molecule is CCCCCN1C(=O)/C(=c2\sc3n(c2=O)NC2C(N=3)N(CC)C(=O)N2CC)c2cccc(C)c21. The summed E-state index contributed by atoms with van der Waals surface area (Å²) in [6, 6.07) is 5.77. The first-order valence-electron chi connectivity index (χ1n) is 12.0. The van der Waals surface area contributed by atoms with Crippen LogP contribution in [0.3, 0.4) is 0 Å². The number of aromatic nitrogens is 1. The van der Waals surface area contributed by atoms with E-state index in [0.29, 0.717) is 34.5 Å². The Labute approximate surface area is 202 Å². The van der Waals surface area contributed by atoms with Crippen LogP contribution < -0.4 is 25.2 Å². The number of benzene rings is 1. The van der Waals surface area contributed by atoms with Gasteiger partial charge in [-0.1, -0.05) is 49.3 Å². The van der Waals surface area contributed by atoms with E-state index in [-0.39, 0.29) is 17.5 Å². The molecular formula is C24H30N6O3S. The molecule has 4 heterocycles. The zero-order chi connectivity index (χ0) is 24.1. The molecule has 0 saturated carbocycles. The lowest BCUT2D eigenvalue weighted by molar-refractivity contribution is -0.113. The normalized spacial score (nSPS) is 22.5. The smallest absolute Gasteiger partial charge is 0.307 e. The van der Waals surface area contributed by atoms with Crippen LogP contribution in [0.5, 0.6) is 0 Å². The summed E-state index contributed by atoms with van der Waals surface area (Å²) < 4.78 is 1.80. The number of hydrogen-bond acceptors (Lipinski definition) is 6. The number of nitrogens with one attached hydrogen (secondary N) is 1. The van der Waals surface area contributed by atoms with E-state index in [4.69, 9.17) is 4.99 Å². The Balaban J connectivity index is 1.67. The topological polar surface area (TPSA) is 90.2 Å². The van der Waals surface area contributed by atoms with Crippen LogP contribution in [-0.4, -0.2) is 58.4 Å². The van der Waals surface area contributed by atoms with E-state index in [1.807, 2.05) is 43.9 Å². The van der Waals surface area contributed by atoms with Gasteiger partial charge < -0.3 is 4.90 Å². The number of anilines is 1. The number of fused-ring (bicyclic) bond motifs is 3. The molecule has 180 valence electrons. The van der Waals surface area contributed by atoms with Crippen molar-refractivity contribution in [3.8, 4) is 0 Å². The van der Waals surface area contributed by atoms with Crippen molar-refractivity contribution in [1.29, 1.82) is 0 Å². The minimum absolute atomic E-state index is 0.0906. The van der Waals surface area contributed by atoms with Gasteiger partial charge in [-0.05, 0) is 32.8 Å². The summed E-state index contributed by atoms with van der Waals surface area (Å²) in [5, 5.41) is 0. The highest BCUT2D eigenvalue weighted by atomic mass is 32.1. The second kappa shape index (κ2) is 8.57. The summed E-state index contributed by atoms with van der Waals surface area (Å²) in [6.45, 7) is 9.64. The van der Waals surface area contributed by atoms with Gasteiger partial charge in [-0.3, -0.25) is 24.8 Å². The van der Waals surface area contributed by atoms with Gasteiger partial charge in [0.2, 0.25) is 4.80 Å². The van der Waals surface area contributed by atoms with Gasteiger partial charge in [0.25, 0.3) is 11.5 Å². The number of hydrogen-bond donors (Lipinski definition) is 1. The van der Waals surface area contributed by atoms with Gasteiger partial charge in [-0.25, -0.2) is 9.79 Å². The Bertz CT molecular complexity index is 1350. The number of nitrogens with zero attached hydrogens (tertiary/aromatic N) is 5. The van der Waals surface area contributed by atoms with Crippen LogP contribution in [-0.2, 0) is 4.79 Å². The largest absolute Gasteiger partial charge is 0.323 e. The van der Waals surface area contributed by atoms with Crippen LogP contribution in [0.15, 0.2) is 28.0 Å². The molecule has 9 nitrogen and oxygen atoms in total. The molecule has 2 atom stereocenters. The average molecular weight is 483 g/mol. The third-order valence-electron chi connectivity index (χ3n) is 6.84. The van der Waals surface area contributed by atoms with Crippen molar-refractivity contribution < 1.29 is 9.59 Å². The molecule has 10 heteroatoms. The number of aryl methyl sites for hydroxylation is 1. The maximum atomic E-state index is 13.6. The maximum absolute atomic E-state index is 13.6. The number of carbonyl (C=O) groups excluding carboxylic acids is 2. The Hall–Kier alpha value is -3.14. The predicted octanol–water partition coefficient (Wildman–Crippen LogP) is 1.56. The Morgan fingerprint density at radius 3 is 2.53 bits per heavy atom. The molecule has 1 aromatic heterocycles. The number of amides is 3. The van der Waals surface area contributed by atoms with Gasteiger partial charge in [0, 0.05) is 25.2 Å². The Morgan fingerprint density at radius 2 is 1.82 bits per heavy atom. The van der Waals surface area contributed by atoms with Gasteiger partial charge in [-0.2, -0.15) is 4.68 Å². The molecule has 0 bridgehead atoms. The summed E-state index contributed by atoms with van der Waals surface area (Å²) in [5.74, 6) is -0.127. The van der Waals surface area contributed by atoms with Crippen LogP contribution >= 0.6 is 11.3 Å². The third kappa shape index (κ3) is 3.19. The second-order valence-electron chi connectivity index (χ2n) is 8.84. The minimum Gasteiger partial charge on any atom is -0.307 e. The first kappa shape index (κ1) is 22.6. The van der Waals surface area contributed by atoms with Crippen LogP contribution in [0.4, 0.5) is 10.5 Å². The third-order valence-corrected chi connectivity index (χ3v) is 7.90.